The Morgan fingerprint density at radius 2 is 1.89 bits per heavy atom. The van der Waals surface area contributed by atoms with E-state index in [1.54, 1.807) is 0 Å². The molecule has 18 heavy (non-hydrogen) atoms. The van der Waals surface area contributed by atoms with Crippen molar-refractivity contribution < 1.29 is 4.74 Å². The highest BCUT2D eigenvalue weighted by molar-refractivity contribution is 4.89. The lowest BCUT2D eigenvalue weighted by Gasteiger charge is -2.35. The van der Waals surface area contributed by atoms with Gasteiger partial charge in [0.1, 0.15) is 0 Å². The smallest absolute Gasteiger partial charge is 0.0593 e. The van der Waals surface area contributed by atoms with Gasteiger partial charge < -0.3 is 15.0 Å². The number of hydrogen-bond acceptors (Lipinski definition) is 3. The average molecular weight is 256 g/mol. The predicted octanol–water partition coefficient (Wildman–Crippen LogP) is 2.51. The molecule has 0 radical (unpaired) electrons. The first kappa shape index (κ1) is 15.9. The molecule has 0 saturated heterocycles. The maximum Gasteiger partial charge on any atom is 0.0593 e. The Bertz CT molecular complexity index is 203. The van der Waals surface area contributed by atoms with E-state index in [0.717, 1.165) is 32.8 Å². The standard InChI is InChI=1S/C15H32N2O/c1-4-16-13-15(9-7-8-10-15)14-17(5-2)11-12-18-6-3/h16H,4-14H2,1-3H3. The van der Waals surface area contributed by atoms with Crippen molar-refractivity contribution in [3.8, 4) is 0 Å². The molecule has 0 aromatic heterocycles. The minimum atomic E-state index is 0.526. The van der Waals surface area contributed by atoms with Crippen LogP contribution in [0.3, 0.4) is 0 Å². The summed E-state index contributed by atoms with van der Waals surface area (Å²) in [5.41, 5.74) is 0.526. The summed E-state index contributed by atoms with van der Waals surface area (Å²) in [6.07, 6.45) is 5.61. The first-order valence-electron chi connectivity index (χ1n) is 7.77. The average Bonchev–Trinajstić information content (AvgIpc) is 2.84. The fourth-order valence-corrected chi connectivity index (χ4v) is 3.07. The molecule has 1 aliphatic carbocycles. The lowest BCUT2D eigenvalue weighted by Crippen LogP contribution is -2.43. The van der Waals surface area contributed by atoms with Gasteiger partial charge in [0.25, 0.3) is 0 Å². The van der Waals surface area contributed by atoms with Gasteiger partial charge in [-0.15, -0.1) is 0 Å². The summed E-state index contributed by atoms with van der Waals surface area (Å²) in [6, 6.07) is 0. The molecule has 0 atom stereocenters. The number of likely N-dealkylation sites (N-methyl/N-ethyl adjacent to an activating group) is 1. The zero-order chi connectivity index (χ0) is 13.3. The van der Waals surface area contributed by atoms with Crippen LogP contribution >= 0.6 is 0 Å². The van der Waals surface area contributed by atoms with E-state index in [0.29, 0.717) is 5.41 Å². The Balaban J connectivity index is 2.41. The fraction of sp³-hybridized carbons (Fsp3) is 1.00. The fourth-order valence-electron chi connectivity index (χ4n) is 3.07. The highest BCUT2D eigenvalue weighted by Gasteiger charge is 2.34. The topological polar surface area (TPSA) is 24.5 Å². The number of rotatable bonds is 10. The molecule has 108 valence electrons. The second-order valence-corrected chi connectivity index (χ2v) is 5.55. The largest absolute Gasteiger partial charge is 0.380 e. The maximum atomic E-state index is 5.49. The molecule has 0 spiro atoms. The van der Waals surface area contributed by atoms with E-state index >= 15 is 0 Å². The maximum absolute atomic E-state index is 5.49. The summed E-state index contributed by atoms with van der Waals surface area (Å²) in [5, 5.41) is 3.57. The number of nitrogens with zero attached hydrogens (tertiary/aromatic N) is 1. The van der Waals surface area contributed by atoms with Gasteiger partial charge in [-0.1, -0.05) is 26.7 Å². The molecule has 0 unspecified atom stereocenters. The Morgan fingerprint density at radius 1 is 1.17 bits per heavy atom. The van der Waals surface area contributed by atoms with Gasteiger partial charge in [0.05, 0.1) is 6.61 Å². The van der Waals surface area contributed by atoms with Crippen LogP contribution in [0.4, 0.5) is 0 Å². The van der Waals surface area contributed by atoms with Crippen LogP contribution in [0.5, 0.6) is 0 Å². The van der Waals surface area contributed by atoms with Crippen LogP contribution in [0.15, 0.2) is 0 Å². The van der Waals surface area contributed by atoms with Crippen LogP contribution in [-0.4, -0.2) is 50.8 Å². The molecule has 3 heteroatoms. The molecule has 1 rings (SSSR count). The van der Waals surface area contributed by atoms with E-state index in [2.05, 4.69) is 31.0 Å². The SMILES string of the molecule is CCNCC1(CN(CC)CCOCC)CCCC1. The monoisotopic (exact) mass is 256 g/mol. The molecule has 1 saturated carbocycles. The van der Waals surface area contributed by atoms with Gasteiger partial charge in [-0.05, 0) is 38.3 Å². The Labute approximate surface area is 113 Å². The predicted molar refractivity (Wildman–Crippen MR) is 78.1 cm³/mol. The van der Waals surface area contributed by atoms with Crippen molar-refractivity contribution >= 4 is 0 Å². The minimum Gasteiger partial charge on any atom is -0.380 e. The lowest BCUT2D eigenvalue weighted by atomic mass is 9.85. The Hall–Kier alpha value is -0.120. The van der Waals surface area contributed by atoms with Gasteiger partial charge in [-0.25, -0.2) is 0 Å². The van der Waals surface area contributed by atoms with Crippen molar-refractivity contribution in [3.05, 3.63) is 0 Å². The molecular formula is C15H32N2O. The normalized spacial score (nSPS) is 18.7. The van der Waals surface area contributed by atoms with Crippen molar-refractivity contribution in [1.82, 2.24) is 10.2 Å². The summed E-state index contributed by atoms with van der Waals surface area (Å²) < 4.78 is 5.49. The summed E-state index contributed by atoms with van der Waals surface area (Å²) in [6.45, 7) is 14.0. The van der Waals surface area contributed by atoms with Crippen LogP contribution in [-0.2, 0) is 4.74 Å². The van der Waals surface area contributed by atoms with Crippen molar-refractivity contribution in [3.63, 3.8) is 0 Å². The van der Waals surface area contributed by atoms with E-state index in [1.165, 1.54) is 38.8 Å². The summed E-state index contributed by atoms with van der Waals surface area (Å²) >= 11 is 0. The molecule has 1 N–H and O–H groups in total. The van der Waals surface area contributed by atoms with Crippen molar-refractivity contribution in [2.45, 2.75) is 46.5 Å². The third kappa shape index (κ3) is 5.25. The summed E-state index contributed by atoms with van der Waals surface area (Å²) in [7, 11) is 0. The Kier molecular flexibility index (Phi) is 7.87. The minimum absolute atomic E-state index is 0.526. The highest BCUT2D eigenvalue weighted by atomic mass is 16.5. The zero-order valence-corrected chi connectivity index (χ0v) is 12.6. The third-order valence-corrected chi connectivity index (χ3v) is 4.18. The molecule has 3 nitrogen and oxygen atoms in total. The molecule has 1 fully saturated rings. The van der Waals surface area contributed by atoms with Crippen LogP contribution in [0.1, 0.15) is 46.5 Å². The first-order valence-corrected chi connectivity index (χ1v) is 7.77. The van der Waals surface area contributed by atoms with E-state index < -0.39 is 0 Å². The van der Waals surface area contributed by atoms with E-state index in [4.69, 9.17) is 4.74 Å². The van der Waals surface area contributed by atoms with Crippen molar-refractivity contribution in [1.29, 1.82) is 0 Å². The van der Waals surface area contributed by atoms with Gasteiger partial charge in [0.2, 0.25) is 0 Å². The van der Waals surface area contributed by atoms with Crippen LogP contribution < -0.4 is 5.32 Å². The van der Waals surface area contributed by atoms with Crippen molar-refractivity contribution in [2.75, 3.05) is 45.9 Å². The van der Waals surface area contributed by atoms with Gasteiger partial charge >= 0.3 is 0 Å². The second kappa shape index (κ2) is 8.89. The van der Waals surface area contributed by atoms with Crippen molar-refractivity contribution in [2.24, 2.45) is 5.41 Å². The molecule has 0 aromatic rings. The zero-order valence-electron chi connectivity index (χ0n) is 12.6. The van der Waals surface area contributed by atoms with Gasteiger partial charge in [-0.3, -0.25) is 0 Å². The van der Waals surface area contributed by atoms with E-state index in [-0.39, 0.29) is 0 Å². The van der Waals surface area contributed by atoms with E-state index in [9.17, 15) is 0 Å². The molecule has 0 heterocycles. The highest BCUT2D eigenvalue weighted by Crippen LogP contribution is 2.38. The van der Waals surface area contributed by atoms with Gasteiger partial charge in [0, 0.05) is 26.2 Å². The van der Waals surface area contributed by atoms with Gasteiger partial charge in [0.15, 0.2) is 0 Å². The second-order valence-electron chi connectivity index (χ2n) is 5.55. The molecule has 0 bridgehead atoms. The number of hydrogen-bond donors (Lipinski definition) is 1. The number of ether oxygens (including phenoxy) is 1. The Morgan fingerprint density at radius 3 is 2.44 bits per heavy atom. The first-order chi connectivity index (χ1) is 8.76. The number of nitrogens with one attached hydrogen (secondary N) is 1. The molecule has 0 aromatic carbocycles. The molecular weight excluding hydrogens is 224 g/mol. The van der Waals surface area contributed by atoms with E-state index in [1.807, 2.05) is 0 Å². The summed E-state index contributed by atoms with van der Waals surface area (Å²) in [4.78, 5) is 2.57. The van der Waals surface area contributed by atoms with Crippen LogP contribution in [0.25, 0.3) is 0 Å². The molecule has 1 aliphatic rings. The molecule has 0 aliphatic heterocycles. The van der Waals surface area contributed by atoms with Crippen LogP contribution in [0.2, 0.25) is 0 Å². The van der Waals surface area contributed by atoms with Gasteiger partial charge in [-0.2, -0.15) is 0 Å². The molecule has 0 amide bonds. The lowest BCUT2D eigenvalue weighted by molar-refractivity contribution is 0.0895. The third-order valence-electron chi connectivity index (χ3n) is 4.18. The van der Waals surface area contributed by atoms with Crippen LogP contribution in [0, 0.1) is 5.41 Å². The summed E-state index contributed by atoms with van der Waals surface area (Å²) in [5.74, 6) is 0. The quantitative estimate of drug-likeness (QED) is 0.608.